The molecule has 3 aliphatic rings. The molecule has 162 valence electrons. The summed E-state index contributed by atoms with van der Waals surface area (Å²) in [5.74, 6) is 2.73. The maximum absolute atomic E-state index is 11.7. The maximum atomic E-state index is 11.7. The van der Waals surface area contributed by atoms with Crippen LogP contribution in [0.2, 0.25) is 0 Å². The predicted octanol–water partition coefficient (Wildman–Crippen LogP) is 4.45. The molecule has 0 unspecified atom stereocenters. The van der Waals surface area contributed by atoms with Crippen LogP contribution in [-0.2, 0) is 16.6 Å². The molecule has 2 aromatic rings. The molecule has 6 nitrogen and oxygen atoms in total. The van der Waals surface area contributed by atoms with E-state index in [1.807, 2.05) is 19.1 Å². The molecular weight excluding hydrogens is 398 g/mol. The second-order valence-corrected chi connectivity index (χ2v) is 11.2. The Morgan fingerprint density at radius 3 is 2.67 bits per heavy atom. The molecule has 0 aliphatic heterocycles. The second-order valence-electron chi connectivity index (χ2n) is 9.44. The van der Waals surface area contributed by atoms with Gasteiger partial charge in [-0.05, 0) is 56.2 Å². The van der Waals surface area contributed by atoms with E-state index in [-0.39, 0.29) is 0 Å². The normalized spacial score (nSPS) is 22.5. The molecule has 0 amide bonds. The number of aromatic nitrogens is 1. The smallest absolute Gasteiger partial charge is 0.229 e. The number of sulfonamides is 1. The van der Waals surface area contributed by atoms with Crippen LogP contribution in [0.4, 0.5) is 5.69 Å². The topological polar surface area (TPSA) is 75.4 Å². The summed E-state index contributed by atoms with van der Waals surface area (Å²) in [6, 6.07) is 7.16. The molecule has 7 heteroatoms. The Labute approximate surface area is 179 Å². The minimum atomic E-state index is -3.39. The molecule has 1 aromatic heterocycles. The Balaban J connectivity index is 1.50. The lowest BCUT2D eigenvalue weighted by Gasteiger charge is -2.57. The molecule has 2 bridgehead atoms. The van der Waals surface area contributed by atoms with Gasteiger partial charge in [-0.1, -0.05) is 37.6 Å². The lowest BCUT2D eigenvalue weighted by molar-refractivity contribution is -0.0102. The predicted molar refractivity (Wildman–Crippen MR) is 120 cm³/mol. The summed E-state index contributed by atoms with van der Waals surface area (Å²) in [4.78, 5) is 6.99. The average Bonchev–Trinajstić information content (AvgIpc) is 3.01. The fraction of sp³-hybridized carbons (Fsp3) is 0.522. The number of nitrogens with zero attached hydrogens (tertiary/aromatic N) is 2. The quantitative estimate of drug-likeness (QED) is 0.658. The third-order valence-corrected chi connectivity index (χ3v) is 7.39. The van der Waals surface area contributed by atoms with Crippen molar-refractivity contribution in [2.24, 2.45) is 17.3 Å². The molecular formula is C23H31N3O3S. The Morgan fingerprint density at radius 1 is 1.27 bits per heavy atom. The fourth-order valence-corrected chi connectivity index (χ4v) is 5.50. The van der Waals surface area contributed by atoms with Crippen LogP contribution in [-0.4, -0.2) is 38.1 Å². The minimum absolute atomic E-state index is 0.429. The molecule has 1 N–H and O–H groups in total. The van der Waals surface area contributed by atoms with Crippen LogP contribution in [0.1, 0.15) is 38.1 Å². The van der Waals surface area contributed by atoms with E-state index in [9.17, 15) is 8.42 Å². The molecule has 0 radical (unpaired) electrons. The summed E-state index contributed by atoms with van der Waals surface area (Å²) in [6.07, 6.45) is 6.10. The highest BCUT2D eigenvalue weighted by Crippen LogP contribution is 2.59. The lowest BCUT2D eigenvalue weighted by atomic mass is 9.49. The van der Waals surface area contributed by atoms with Gasteiger partial charge in [0.1, 0.15) is 5.76 Å². The van der Waals surface area contributed by atoms with E-state index < -0.39 is 10.0 Å². The first-order chi connectivity index (χ1) is 14.0. The van der Waals surface area contributed by atoms with E-state index >= 15 is 0 Å². The van der Waals surface area contributed by atoms with Gasteiger partial charge in [-0.15, -0.1) is 0 Å². The summed E-state index contributed by atoms with van der Waals surface area (Å²) in [5.41, 5.74) is 3.96. The van der Waals surface area contributed by atoms with E-state index in [0.29, 0.717) is 35.0 Å². The Hall–Kier alpha value is -2.12. The molecule has 30 heavy (non-hydrogen) atoms. The van der Waals surface area contributed by atoms with Crippen molar-refractivity contribution < 1.29 is 12.8 Å². The fourth-order valence-electron chi connectivity index (χ4n) is 4.93. The van der Waals surface area contributed by atoms with Crippen LogP contribution in [0.15, 0.2) is 40.3 Å². The number of hydrogen-bond donors (Lipinski definition) is 1. The van der Waals surface area contributed by atoms with Gasteiger partial charge in [-0.2, -0.15) is 0 Å². The summed E-state index contributed by atoms with van der Waals surface area (Å²) in [7, 11) is -1.27. The van der Waals surface area contributed by atoms with Crippen LogP contribution < -0.4 is 4.72 Å². The van der Waals surface area contributed by atoms with Crippen molar-refractivity contribution in [2.75, 3.05) is 24.6 Å². The summed E-state index contributed by atoms with van der Waals surface area (Å²) < 4.78 is 31.8. The van der Waals surface area contributed by atoms with Gasteiger partial charge >= 0.3 is 0 Å². The Bertz CT molecular complexity index is 1080. The van der Waals surface area contributed by atoms with Crippen LogP contribution in [0.5, 0.6) is 0 Å². The molecule has 0 spiro atoms. The van der Waals surface area contributed by atoms with Crippen molar-refractivity contribution in [3.05, 3.63) is 47.4 Å². The highest BCUT2D eigenvalue weighted by molar-refractivity contribution is 7.92. The van der Waals surface area contributed by atoms with E-state index in [1.165, 1.54) is 12.8 Å². The van der Waals surface area contributed by atoms with E-state index in [1.54, 1.807) is 17.7 Å². The van der Waals surface area contributed by atoms with Crippen molar-refractivity contribution in [2.45, 2.75) is 40.2 Å². The second kappa shape index (κ2) is 7.54. The number of para-hydroxylation sites is 1. The number of likely N-dealkylation sites (N-methyl/N-ethyl adjacent to an activating group) is 1. The number of fused-ring (bicyclic) bond motifs is 1. The minimum Gasteiger partial charge on any atom is -0.441 e. The molecule has 0 saturated heterocycles. The van der Waals surface area contributed by atoms with Crippen molar-refractivity contribution in [1.82, 2.24) is 9.88 Å². The molecule has 1 saturated carbocycles. The van der Waals surface area contributed by atoms with Crippen LogP contribution in [0, 0.1) is 24.2 Å². The van der Waals surface area contributed by atoms with Gasteiger partial charge in [0.15, 0.2) is 0 Å². The molecule has 5 rings (SSSR count). The van der Waals surface area contributed by atoms with E-state index in [2.05, 4.69) is 36.6 Å². The van der Waals surface area contributed by atoms with Crippen molar-refractivity contribution >= 4 is 15.7 Å². The zero-order valence-electron chi connectivity index (χ0n) is 18.4. The third-order valence-electron chi connectivity index (χ3n) is 6.80. The molecule has 3 aliphatic carbocycles. The van der Waals surface area contributed by atoms with Crippen LogP contribution in [0.3, 0.4) is 0 Å². The highest BCUT2D eigenvalue weighted by Gasteiger charge is 2.51. The first-order valence-electron chi connectivity index (χ1n) is 10.5. The highest BCUT2D eigenvalue weighted by atomic mass is 32.2. The Morgan fingerprint density at radius 2 is 2.00 bits per heavy atom. The largest absolute Gasteiger partial charge is 0.441 e. The standard InChI is InChI=1S/C23H31N3O3S/c1-15-21(14-26(4)13-16-10-11-17-12-19(16)23(17,2)3)24-22(29-15)18-8-6-7-9-20(18)25-30(5,27)28/h6-10,17,19,25H,11-14H2,1-5H3/t17-,19-/m0/s1. The average molecular weight is 430 g/mol. The van der Waals surface area contributed by atoms with Gasteiger partial charge in [-0.25, -0.2) is 13.4 Å². The number of nitrogens with one attached hydrogen (secondary N) is 1. The first-order valence-corrected chi connectivity index (χ1v) is 12.3. The van der Waals surface area contributed by atoms with Gasteiger partial charge < -0.3 is 4.42 Å². The zero-order valence-corrected chi connectivity index (χ0v) is 19.2. The van der Waals surface area contributed by atoms with Crippen LogP contribution >= 0.6 is 0 Å². The number of benzene rings is 1. The van der Waals surface area contributed by atoms with Crippen molar-refractivity contribution in [1.29, 1.82) is 0 Å². The molecule has 1 fully saturated rings. The van der Waals surface area contributed by atoms with E-state index in [0.717, 1.165) is 30.2 Å². The lowest BCUT2D eigenvalue weighted by Crippen LogP contribution is -2.49. The maximum Gasteiger partial charge on any atom is 0.229 e. The zero-order chi connectivity index (χ0) is 21.7. The molecule has 2 atom stereocenters. The number of allylic oxidation sites excluding steroid dienone is 1. The van der Waals surface area contributed by atoms with Gasteiger partial charge in [0, 0.05) is 13.1 Å². The van der Waals surface area contributed by atoms with Crippen molar-refractivity contribution in [3.63, 3.8) is 0 Å². The summed E-state index contributed by atoms with van der Waals surface area (Å²) in [5, 5.41) is 0. The number of rotatable bonds is 7. The number of hydrogen-bond acceptors (Lipinski definition) is 5. The van der Waals surface area contributed by atoms with Gasteiger partial charge in [0.2, 0.25) is 15.9 Å². The monoisotopic (exact) mass is 429 g/mol. The van der Waals surface area contributed by atoms with Gasteiger partial charge in [0.25, 0.3) is 0 Å². The summed E-state index contributed by atoms with van der Waals surface area (Å²) in [6.45, 7) is 8.33. The van der Waals surface area contributed by atoms with Gasteiger partial charge in [-0.3, -0.25) is 9.62 Å². The first kappa shape index (κ1) is 21.1. The van der Waals surface area contributed by atoms with Gasteiger partial charge in [0.05, 0.1) is 23.2 Å². The summed E-state index contributed by atoms with van der Waals surface area (Å²) >= 11 is 0. The molecule has 1 heterocycles. The number of oxazole rings is 1. The SMILES string of the molecule is Cc1oc(-c2ccccc2NS(C)(=O)=O)nc1CN(C)CC1=CC[C@H]2C[C@@H]1C2(C)C. The van der Waals surface area contributed by atoms with E-state index in [4.69, 9.17) is 9.40 Å². The van der Waals surface area contributed by atoms with Crippen LogP contribution in [0.25, 0.3) is 11.5 Å². The Kier molecular flexibility index (Phi) is 5.31. The van der Waals surface area contributed by atoms with Crippen molar-refractivity contribution in [3.8, 4) is 11.5 Å². The third kappa shape index (κ3) is 4.05. The number of anilines is 1. The number of aryl methyl sites for hydroxylation is 1. The molecule has 1 aromatic carbocycles.